The number of hydrogen-bond acceptors (Lipinski definition) is 2. The highest BCUT2D eigenvalue weighted by Gasteiger charge is 2.25. The Morgan fingerprint density at radius 1 is 1.31 bits per heavy atom. The lowest BCUT2D eigenvalue weighted by Crippen LogP contribution is -2.24. The van der Waals surface area contributed by atoms with Crippen LogP contribution in [0, 0.1) is 11.8 Å². The van der Waals surface area contributed by atoms with Crippen LogP contribution in [0.5, 0.6) is 0 Å². The summed E-state index contributed by atoms with van der Waals surface area (Å²) in [6.45, 7) is 10.3. The zero-order valence-corrected chi connectivity index (χ0v) is 9.93. The van der Waals surface area contributed by atoms with Gasteiger partial charge in [0.1, 0.15) is 0 Å². The summed E-state index contributed by atoms with van der Waals surface area (Å²) >= 11 is 0. The van der Waals surface area contributed by atoms with Crippen LogP contribution in [-0.2, 0) is 0 Å². The van der Waals surface area contributed by atoms with Gasteiger partial charge in [0.25, 0.3) is 0 Å². The van der Waals surface area contributed by atoms with Gasteiger partial charge < -0.3 is 10.2 Å². The first-order chi connectivity index (χ1) is 6.15. The SMILES string of the molecule is CCC.CNCC1CN(C)CC1C. The Morgan fingerprint density at radius 2 is 1.85 bits per heavy atom. The summed E-state index contributed by atoms with van der Waals surface area (Å²) in [5.41, 5.74) is 0. The Morgan fingerprint density at radius 3 is 2.15 bits per heavy atom. The molecule has 0 aromatic carbocycles. The van der Waals surface area contributed by atoms with Crippen LogP contribution in [0.4, 0.5) is 0 Å². The van der Waals surface area contributed by atoms with Crippen molar-refractivity contribution in [1.29, 1.82) is 0 Å². The van der Waals surface area contributed by atoms with E-state index in [-0.39, 0.29) is 0 Å². The first kappa shape index (κ1) is 12.9. The van der Waals surface area contributed by atoms with Gasteiger partial charge in [-0.1, -0.05) is 27.2 Å². The standard InChI is InChI=1S/C8H18N2.C3H8/c1-7-5-10(3)6-8(7)4-9-2;1-3-2/h7-9H,4-6H2,1-3H3;3H2,1-2H3. The lowest BCUT2D eigenvalue weighted by Gasteiger charge is -2.12. The molecule has 1 rings (SSSR count). The molecule has 1 fully saturated rings. The molecule has 2 unspecified atom stereocenters. The fourth-order valence-electron chi connectivity index (χ4n) is 1.82. The van der Waals surface area contributed by atoms with Gasteiger partial charge in [0, 0.05) is 13.1 Å². The molecule has 2 heteroatoms. The lowest BCUT2D eigenvalue weighted by atomic mass is 9.98. The fourth-order valence-corrected chi connectivity index (χ4v) is 1.82. The maximum absolute atomic E-state index is 3.23. The fraction of sp³-hybridized carbons (Fsp3) is 1.00. The average Bonchev–Trinajstić information content (AvgIpc) is 2.33. The van der Waals surface area contributed by atoms with Gasteiger partial charge >= 0.3 is 0 Å². The molecule has 1 saturated heterocycles. The summed E-state index contributed by atoms with van der Waals surface area (Å²) in [5.74, 6) is 1.74. The number of hydrogen-bond donors (Lipinski definition) is 1. The van der Waals surface area contributed by atoms with Crippen molar-refractivity contribution in [3.05, 3.63) is 0 Å². The molecule has 2 atom stereocenters. The number of likely N-dealkylation sites (tertiary alicyclic amines) is 1. The average molecular weight is 186 g/mol. The second-order valence-corrected chi connectivity index (χ2v) is 4.22. The van der Waals surface area contributed by atoms with Gasteiger partial charge in [-0.3, -0.25) is 0 Å². The predicted molar refractivity (Wildman–Crippen MR) is 60.0 cm³/mol. The number of rotatable bonds is 2. The minimum Gasteiger partial charge on any atom is -0.319 e. The van der Waals surface area contributed by atoms with E-state index in [9.17, 15) is 0 Å². The van der Waals surface area contributed by atoms with E-state index in [0.29, 0.717) is 0 Å². The summed E-state index contributed by atoms with van der Waals surface area (Å²) in [5, 5.41) is 3.23. The third-order valence-corrected chi connectivity index (χ3v) is 2.42. The highest BCUT2D eigenvalue weighted by molar-refractivity contribution is 4.80. The molecule has 1 aliphatic rings. The largest absolute Gasteiger partial charge is 0.319 e. The van der Waals surface area contributed by atoms with Crippen molar-refractivity contribution in [2.75, 3.05) is 33.7 Å². The second-order valence-electron chi connectivity index (χ2n) is 4.22. The van der Waals surface area contributed by atoms with Gasteiger partial charge in [-0.2, -0.15) is 0 Å². The Bertz CT molecular complexity index is 115. The van der Waals surface area contributed by atoms with E-state index in [0.717, 1.165) is 11.8 Å². The maximum Gasteiger partial charge on any atom is 0.00219 e. The predicted octanol–water partition coefficient (Wildman–Crippen LogP) is 1.82. The summed E-state index contributed by atoms with van der Waals surface area (Å²) in [4.78, 5) is 2.41. The Labute approximate surface area is 83.7 Å². The maximum atomic E-state index is 3.23. The summed E-state index contributed by atoms with van der Waals surface area (Å²) in [7, 11) is 4.23. The molecule has 2 nitrogen and oxygen atoms in total. The molecule has 1 heterocycles. The van der Waals surface area contributed by atoms with Gasteiger partial charge in [0.15, 0.2) is 0 Å². The van der Waals surface area contributed by atoms with E-state index in [2.05, 4.69) is 38.0 Å². The van der Waals surface area contributed by atoms with Gasteiger partial charge in [-0.25, -0.2) is 0 Å². The monoisotopic (exact) mass is 186 g/mol. The van der Waals surface area contributed by atoms with Crippen molar-refractivity contribution in [2.24, 2.45) is 11.8 Å². The Balaban J connectivity index is 0.000000424. The molecule has 0 saturated carbocycles. The van der Waals surface area contributed by atoms with Crippen LogP contribution in [-0.4, -0.2) is 38.6 Å². The third kappa shape index (κ3) is 5.27. The van der Waals surface area contributed by atoms with E-state index in [1.54, 1.807) is 0 Å². The molecular weight excluding hydrogens is 160 g/mol. The highest BCUT2D eigenvalue weighted by atomic mass is 15.1. The van der Waals surface area contributed by atoms with E-state index in [1.165, 1.54) is 26.1 Å². The minimum absolute atomic E-state index is 0.870. The normalized spacial score (nSPS) is 28.4. The zero-order valence-electron chi connectivity index (χ0n) is 9.93. The van der Waals surface area contributed by atoms with Crippen molar-refractivity contribution >= 4 is 0 Å². The molecule has 0 aromatic rings. The molecule has 1 aliphatic heterocycles. The number of nitrogens with one attached hydrogen (secondary N) is 1. The molecule has 0 spiro atoms. The van der Waals surface area contributed by atoms with Crippen molar-refractivity contribution in [2.45, 2.75) is 27.2 Å². The van der Waals surface area contributed by atoms with Crippen molar-refractivity contribution in [1.82, 2.24) is 10.2 Å². The van der Waals surface area contributed by atoms with E-state index >= 15 is 0 Å². The Kier molecular flexibility index (Phi) is 7.29. The molecule has 0 aliphatic carbocycles. The topological polar surface area (TPSA) is 15.3 Å². The van der Waals surface area contributed by atoms with E-state index in [4.69, 9.17) is 0 Å². The zero-order chi connectivity index (χ0) is 10.3. The van der Waals surface area contributed by atoms with Crippen LogP contribution in [0.15, 0.2) is 0 Å². The first-order valence-electron chi connectivity index (χ1n) is 5.48. The smallest absolute Gasteiger partial charge is 0.00219 e. The highest BCUT2D eigenvalue weighted by Crippen LogP contribution is 2.20. The van der Waals surface area contributed by atoms with Gasteiger partial charge in [-0.05, 0) is 32.5 Å². The molecule has 0 aromatic heterocycles. The molecule has 0 amide bonds. The molecule has 13 heavy (non-hydrogen) atoms. The molecule has 0 bridgehead atoms. The quantitative estimate of drug-likeness (QED) is 0.707. The van der Waals surface area contributed by atoms with Gasteiger partial charge in [-0.15, -0.1) is 0 Å². The van der Waals surface area contributed by atoms with Crippen LogP contribution < -0.4 is 5.32 Å². The lowest BCUT2D eigenvalue weighted by molar-refractivity contribution is 0.392. The summed E-state index contributed by atoms with van der Waals surface area (Å²) < 4.78 is 0. The summed E-state index contributed by atoms with van der Waals surface area (Å²) in [6.07, 6.45) is 1.25. The molecule has 0 radical (unpaired) electrons. The van der Waals surface area contributed by atoms with Crippen LogP contribution in [0.2, 0.25) is 0 Å². The van der Waals surface area contributed by atoms with Crippen LogP contribution >= 0.6 is 0 Å². The molecule has 1 N–H and O–H groups in total. The molecule has 80 valence electrons. The molecular formula is C11H26N2. The second kappa shape index (κ2) is 7.34. The van der Waals surface area contributed by atoms with Crippen LogP contribution in [0.1, 0.15) is 27.2 Å². The number of nitrogens with zero attached hydrogens (tertiary/aromatic N) is 1. The first-order valence-corrected chi connectivity index (χ1v) is 5.48. The van der Waals surface area contributed by atoms with Crippen molar-refractivity contribution < 1.29 is 0 Å². The Hall–Kier alpha value is -0.0800. The van der Waals surface area contributed by atoms with Crippen LogP contribution in [0.3, 0.4) is 0 Å². The van der Waals surface area contributed by atoms with Crippen LogP contribution in [0.25, 0.3) is 0 Å². The van der Waals surface area contributed by atoms with Crippen molar-refractivity contribution in [3.63, 3.8) is 0 Å². The third-order valence-electron chi connectivity index (χ3n) is 2.42. The minimum atomic E-state index is 0.870. The summed E-state index contributed by atoms with van der Waals surface area (Å²) in [6, 6.07) is 0. The van der Waals surface area contributed by atoms with E-state index in [1.807, 2.05) is 7.05 Å². The van der Waals surface area contributed by atoms with Crippen molar-refractivity contribution in [3.8, 4) is 0 Å². The van der Waals surface area contributed by atoms with E-state index < -0.39 is 0 Å². The van der Waals surface area contributed by atoms with Gasteiger partial charge in [0.2, 0.25) is 0 Å². The van der Waals surface area contributed by atoms with Gasteiger partial charge in [0.05, 0.1) is 0 Å².